The zero-order chi connectivity index (χ0) is 20.7. The van der Waals surface area contributed by atoms with Crippen LogP contribution in [0.4, 0.5) is 10.2 Å². The number of halogens is 1. The number of fused-ring (bicyclic) bond motifs is 2. The van der Waals surface area contributed by atoms with Crippen LogP contribution in [-0.2, 0) is 0 Å². The molecule has 0 bridgehead atoms. The van der Waals surface area contributed by atoms with Crippen molar-refractivity contribution >= 4 is 27.9 Å². The molecule has 5 rings (SSSR count). The van der Waals surface area contributed by atoms with Crippen LogP contribution in [0.2, 0.25) is 0 Å². The van der Waals surface area contributed by atoms with Crippen LogP contribution in [0, 0.1) is 12.7 Å². The van der Waals surface area contributed by atoms with Gasteiger partial charge >= 0.3 is 0 Å². The maximum absolute atomic E-state index is 14.5. The molecular weight excluding hydrogens is 379 g/mol. The Hall–Kier alpha value is -3.87. The molecule has 30 heavy (non-hydrogen) atoms. The van der Waals surface area contributed by atoms with Crippen molar-refractivity contribution in [3.63, 3.8) is 0 Å². The Morgan fingerprint density at radius 3 is 2.70 bits per heavy atom. The Kier molecular flexibility index (Phi) is 4.35. The molecule has 0 aliphatic carbocycles. The first kappa shape index (κ1) is 18.2. The van der Waals surface area contributed by atoms with E-state index in [4.69, 9.17) is 4.98 Å². The van der Waals surface area contributed by atoms with Crippen molar-refractivity contribution in [3.8, 4) is 11.3 Å². The number of hydrogen-bond donors (Lipinski definition) is 2. The van der Waals surface area contributed by atoms with Gasteiger partial charge in [-0.25, -0.2) is 24.3 Å². The molecule has 3 aromatic heterocycles. The molecule has 0 radical (unpaired) electrons. The van der Waals surface area contributed by atoms with E-state index in [2.05, 4.69) is 25.3 Å². The van der Waals surface area contributed by atoms with Crippen molar-refractivity contribution in [2.45, 2.75) is 19.9 Å². The highest BCUT2D eigenvalue weighted by molar-refractivity contribution is 5.85. The molecule has 3 heterocycles. The predicted octanol–water partition coefficient (Wildman–Crippen LogP) is 5.19. The van der Waals surface area contributed by atoms with E-state index >= 15 is 0 Å². The maximum atomic E-state index is 14.5. The van der Waals surface area contributed by atoms with Crippen molar-refractivity contribution in [1.29, 1.82) is 0 Å². The van der Waals surface area contributed by atoms with E-state index in [-0.39, 0.29) is 11.9 Å². The van der Waals surface area contributed by atoms with E-state index in [1.54, 1.807) is 12.4 Å². The van der Waals surface area contributed by atoms with Gasteiger partial charge in [0.05, 0.1) is 18.1 Å². The van der Waals surface area contributed by atoms with Crippen LogP contribution in [0.1, 0.15) is 24.1 Å². The van der Waals surface area contributed by atoms with Crippen LogP contribution >= 0.6 is 0 Å². The quantitative estimate of drug-likeness (QED) is 0.436. The minimum atomic E-state index is -0.331. The molecule has 0 aliphatic rings. The van der Waals surface area contributed by atoms with Crippen LogP contribution in [-0.4, -0.2) is 24.9 Å². The summed E-state index contributed by atoms with van der Waals surface area (Å²) >= 11 is 0. The van der Waals surface area contributed by atoms with E-state index < -0.39 is 0 Å². The summed E-state index contributed by atoms with van der Waals surface area (Å²) < 4.78 is 14.5. The lowest BCUT2D eigenvalue weighted by Gasteiger charge is -2.19. The third-order valence-corrected chi connectivity index (χ3v) is 5.19. The molecular formula is C23H19FN6. The topological polar surface area (TPSA) is 79.4 Å². The summed E-state index contributed by atoms with van der Waals surface area (Å²) in [5, 5.41) is 4.19. The monoisotopic (exact) mass is 398 g/mol. The second-order valence-corrected chi connectivity index (χ2v) is 7.29. The number of H-pyrrole nitrogens is 1. The third-order valence-electron chi connectivity index (χ3n) is 5.19. The minimum absolute atomic E-state index is 0.150. The molecule has 2 aromatic carbocycles. The number of aromatic nitrogens is 5. The summed E-state index contributed by atoms with van der Waals surface area (Å²) in [6.07, 6.45) is 3.07. The molecule has 0 saturated carbocycles. The molecule has 1 atom stereocenters. The number of hydrogen-bond acceptors (Lipinski definition) is 5. The molecule has 5 aromatic rings. The Bertz CT molecular complexity index is 1360. The van der Waals surface area contributed by atoms with Gasteiger partial charge in [-0.3, -0.25) is 0 Å². The molecule has 2 N–H and O–H groups in total. The normalized spacial score (nSPS) is 12.4. The number of aromatic amines is 1. The van der Waals surface area contributed by atoms with Crippen molar-refractivity contribution in [2.24, 2.45) is 0 Å². The zero-order valence-electron chi connectivity index (χ0n) is 16.5. The van der Waals surface area contributed by atoms with Crippen LogP contribution in [0.3, 0.4) is 0 Å². The van der Waals surface area contributed by atoms with E-state index in [1.165, 1.54) is 12.4 Å². The van der Waals surface area contributed by atoms with Gasteiger partial charge in [0, 0.05) is 16.5 Å². The van der Waals surface area contributed by atoms with Gasteiger partial charge < -0.3 is 10.3 Å². The Labute approximate surface area is 172 Å². The van der Waals surface area contributed by atoms with Gasteiger partial charge in [-0.2, -0.15) is 0 Å². The van der Waals surface area contributed by atoms with Crippen molar-refractivity contribution in [2.75, 3.05) is 5.32 Å². The summed E-state index contributed by atoms with van der Waals surface area (Å²) in [4.78, 5) is 20.5. The fourth-order valence-electron chi connectivity index (χ4n) is 3.61. The average molecular weight is 398 g/mol. The average Bonchev–Trinajstić information content (AvgIpc) is 3.24. The smallest absolute Gasteiger partial charge is 0.182 e. The number of imidazole rings is 1. The van der Waals surface area contributed by atoms with E-state index in [0.717, 1.165) is 33.3 Å². The van der Waals surface area contributed by atoms with Crippen LogP contribution < -0.4 is 5.32 Å². The number of anilines is 1. The van der Waals surface area contributed by atoms with Crippen LogP contribution in [0.15, 0.2) is 61.2 Å². The lowest BCUT2D eigenvalue weighted by molar-refractivity contribution is 0.636. The fourth-order valence-corrected chi connectivity index (χ4v) is 3.61. The number of aryl methyl sites for hydroxylation is 1. The molecule has 148 valence electrons. The standard InChI is InChI=1S/C23H19FN6/c1-13-6-8-15(9-7-13)19-17(10-16-4-3-5-18(24)20(16)30-19)14(2)29-23-21-22(26-11-25-21)27-12-28-23/h3-12,14H,1-2H3,(H2,25,26,27,28,29)/t14-/m0/s1. The molecule has 0 unspecified atom stereocenters. The first-order chi connectivity index (χ1) is 14.6. The van der Waals surface area contributed by atoms with E-state index in [1.807, 2.05) is 50.2 Å². The highest BCUT2D eigenvalue weighted by atomic mass is 19.1. The Balaban J connectivity index is 1.65. The van der Waals surface area contributed by atoms with Gasteiger partial charge in [-0.05, 0) is 26.0 Å². The fraction of sp³-hybridized carbons (Fsp3) is 0.130. The van der Waals surface area contributed by atoms with Crippen molar-refractivity contribution in [3.05, 3.63) is 78.1 Å². The molecule has 0 amide bonds. The molecule has 0 fully saturated rings. The van der Waals surface area contributed by atoms with Gasteiger partial charge in [0.2, 0.25) is 0 Å². The predicted molar refractivity (Wildman–Crippen MR) is 116 cm³/mol. The third kappa shape index (κ3) is 3.14. The van der Waals surface area contributed by atoms with Crippen molar-refractivity contribution in [1.82, 2.24) is 24.9 Å². The SMILES string of the molecule is Cc1ccc(-c2nc3c(F)cccc3cc2[C@H](C)Nc2ncnc3nc[nH]c23)cc1. The van der Waals surface area contributed by atoms with E-state index in [0.29, 0.717) is 17.0 Å². The molecule has 0 saturated heterocycles. The molecule has 6 nitrogen and oxygen atoms in total. The second kappa shape index (κ2) is 7.18. The van der Waals surface area contributed by atoms with Gasteiger partial charge in [-0.15, -0.1) is 0 Å². The summed E-state index contributed by atoms with van der Waals surface area (Å²) in [5.74, 6) is 0.321. The molecule has 7 heteroatoms. The number of pyridine rings is 1. The Morgan fingerprint density at radius 2 is 1.87 bits per heavy atom. The number of nitrogens with zero attached hydrogens (tertiary/aromatic N) is 4. The minimum Gasteiger partial charge on any atom is -0.362 e. The lowest BCUT2D eigenvalue weighted by atomic mass is 9.98. The van der Waals surface area contributed by atoms with Gasteiger partial charge in [-0.1, -0.05) is 42.0 Å². The number of benzene rings is 2. The lowest BCUT2D eigenvalue weighted by Crippen LogP contribution is -2.11. The van der Waals surface area contributed by atoms with Crippen LogP contribution in [0.5, 0.6) is 0 Å². The van der Waals surface area contributed by atoms with Crippen molar-refractivity contribution < 1.29 is 4.39 Å². The highest BCUT2D eigenvalue weighted by Crippen LogP contribution is 2.33. The first-order valence-corrected chi connectivity index (χ1v) is 9.67. The zero-order valence-corrected chi connectivity index (χ0v) is 16.5. The second-order valence-electron chi connectivity index (χ2n) is 7.29. The summed E-state index contributed by atoms with van der Waals surface area (Å²) in [6.45, 7) is 4.07. The molecule has 0 aliphatic heterocycles. The van der Waals surface area contributed by atoms with Gasteiger partial charge in [0.15, 0.2) is 11.5 Å². The maximum Gasteiger partial charge on any atom is 0.182 e. The summed E-state index contributed by atoms with van der Waals surface area (Å²) in [5.41, 5.74) is 5.47. The highest BCUT2D eigenvalue weighted by Gasteiger charge is 2.18. The number of rotatable bonds is 4. The van der Waals surface area contributed by atoms with E-state index in [9.17, 15) is 4.39 Å². The Morgan fingerprint density at radius 1 is 1.03 bits per heavy atom. The first-order valence-electron chi connectivity index (χ1n) is 9.67. The largest absolute Gasteiger partial charge is 0.362 e. The summed E-state index contributed by atoms with van der Waals surface area (Å²) in [6, 6.07) is 14.9. The van der Waals surface area contributed by atoms with Gasteiger partial charge in [0.25, 0.3) is 0 Å². The molecule has 0 spiro atoms. The van der Waals surface area contributed by atoms with Gasteiger partial charge in [0.1, 0.15) is 23.2 Å². The summed E-state index contributed by atoms with van der Waals surface area (Å²) in [7, 11) is 0. The number of para-hydroxylation sites is 1. The van der Waals surface area contributed by atoms with Crippen LogP contribution in [0.25, 0.3) is 33.3 Å². The number of nitrogens with one attached hydrogen (secondary N) is 2.